The molecule has 1 amide bonds. The minimum atomic E-state index is -1.26. The molecule has 0 fully saturated rings. The summed E-state index contributed by atoms with van der Waals surface area (Å²) in [6.45, 7) is 2.32. The average molecular weight is 260 g/mol. The van der Waals surface area contributed by atoms with Crippen LogP contribution in [0.3, 0.4) is 0 Å². The molecule has 0 atom stereocenters. The van der Waals surface area contributed by atoms with E-state index in [2.05, 4.69) is 15.0 Å². The van der Waals surface area contributed by atoms with Gasteiger partial charge in [0.05, 0.1) is 0 Å². The average Bonchev–Trinajstić information content (AvgIpc) is 2.87. The van der Waals surface area contributed by atoms with Crippen LogP contribution in [0.5, 0.6) is 0 Å². The summed E-state index contributed by atoms with van der Waals surface area (Å²) in [5, 5.41) is 14.7. The van der Waals surface area contributed by atoms with Crippen LogP contribution < -0.4 is 5.32 Å². The number of aromatic carboxylic acids is 1. The molecule has 0 aliphatic rings. The smallest absolute Gasteiger partial charge is 0.374 e. The van der Waals surface area contributed by atoms with E-state index >= 15 is 0 Å². The van der Waals surface area contributed by atoms with Gasteiger partial charge in [-0.1, -0.05) is 35.0 Å². The van der Waals surface area contributed by atoms with Gasteiger partial charge in [0, 0.05) is 12.6 Å². The minimum Gasteiger partial charge on any atom is -0.475 e. The number of benzene rings is 1. The third-order valence-corrected chi connectivity index (χ3v) is 2.53. The summed E-state index contributed by atoms with van der Waals surface area (Å²) < 4.78 is 4.50. The fraction of sp³-hybridized carbons (Fsp3) is 0.154. The summed E-state index contributed by atoms with van der Waals surface area (Å²) in [6.07, 6.45) is 0. The highest BCUT2D eigenvalue weighted by Gasteiger charge is 2.16. The summed E-state index contributed by atoms with van der Waals surface area (Å²) >= 11 is 0. The predicted molar refractivity (Wildman–Crippen MR) is 65.8 cm³/mol. The molecule has 1 heterocycles. The van der Waals surface area contributed by atoms with E-state index in [1.54, 1.807) is 0 Å². The van der Waals surface area contributed by atoms with Crippen molar-refractivity contribution >= 4 is 11.9 Å². The Hall–Kier alpha value is -2.63. The molecule has 0 spiro atoms. The third kappa shape index (κ3) is 3.19. The number of carbonyl (C=O) groups is 2. The molecule has 6 heteroatoms. The van der Waals surface area contributed by atoms with Crippen molar-refractivity contribution in [1.29, 1.82) is 0 Å². The normalized spacial score (nSPS) is 10.2. The number of carboxylic acids is 1. The molecule has 2 N–H and O–H groups in total. The molecule has 0 unspecified atom stereocenters. The van der Waals surface area contributed by atoms with Crippen molar-refractivity contribution in [2.75, 3.05) is 0 Å². The van der Waals surface area contributed by atoms with E-state index in [4.69, 9.17) is 5.11 Å². The number of hydrogen-bond donors (Lipinski definition) is 2. The number of nitrogens with one attached hydrogen (secondary N) is 1. The zero-order chi connectivity index (χ0) is 13.8. The van der Waals surface area contributed by atoms with Gasteiger partial charge in [0.2, 0.25) is 5.76 Å². The lowest BCUT2D eigenvalue weighted by Crippen LogP contribution is -2.23. The number of hydrogen-bond acceptors (Lipinski definition) is 4. The Morgan fingerprint density at radius 1 is 1.32 bits per heavy atom. The molecule has 0 saturated heterocycles. The van der Waals surface area contributed by atoms with Gasteiger partial charge in [-0.05, 0) is 12.5 Å². The van der Waals surface area contributed by atoms with Crippen LogP contribution in [0.25, 0.3) is 0 Å². The molecular formula is C13H12N2O4. The van der Waals surface area contributed by atoms with Gasteiger partial charge in [0.25, 0.3) is 5.91 Å². The van der Waals surface area contributed by atoms with Gasteiger partial charge in [0.15, 0.2) is 5.69 Å². The second kappa shape index (κ2) is 5.34. The molecule has 0 bridgehead atoms. The Balaban J connectivity index is 1.97. The minimum absolute atomic E-state index is 0.0514. The van der Waals surface area contributed by atoms with Crippen LogP contribution in [0.4, 0.5) is 0 Å². The fourth-order valence-corrected chi connectivity index (χ4v) is 1.46. The number of amides is 1. The van der Waals surface area contributed by atoms with Gasteiger partial charge < -0.3 is 14.9 Å². The lowest BCUT2D eigenvalue weighted by molar-refractivity contribution is 0.0651. The van der Waals surface area contributed by atoms with Crippen LogP contribution in [-0.2, 0) is 6.54 Å². The number of nitrogens with zero attached hydrogens (tertiary/aromatic N) is 1. The first-order valence-electron chi connectivity index (χ1n) is 5.60. The van der Waals surface area contributed by atoms with E-state index in [1.165, 1.54) is 0 Å². The highest BCUT2D eigenvalue weighted by Crippen LogP contribution is 2.05. The molecule has 98 valence electrons. The predicted octanol–water partition coefficient (Wildman–Crippen LogP) is 1.61. The van der Waals surface area contributed by atoms with Gasteiger partial charge in [0.1, 0.15) is 0 Å². The molecule has 2 rings (SSSR count). The van der Waals surface area contributed by atoms with E-state index in [-0.39, 0.29) is 11.5 Å². The largest absolute Gasteiger partial charge is 0.475 e. The Bertz CT molecular complexity index is 601. The quantitative estimate of drug-likeness (QED) is 0.871. The zero-order valence-electron chi connectivity index (χ0n) is 10.2. The molecule has 1 aromatic heterocycles. The van der Waals surface area contributed by atoms with Gasteiger partial charge in [-0.15, -0.1) is 0 Å². The highest BCUT2D eigenvalue weighted by atomic mass is 16.5. The Morgan fingerprint density at radius 2 is 2.00 bits per heavy atom. The van der Waals surface area contributed by atoms with Gasteiger partial charge in [-0.3, -0.25) is 4.79 Å². The number of rotatable bonds is 4. The second-order valence-corrected chi connectivity index (χ2v) is 4.05. The van der Waals surface area contributed by atoms with Crippen molar-refractivity contribution in [1.82, 2.24) is 10.5 Å². The number of carboxylic acid groups (broad SMARTS) is 1. The van der Waals surface area contributed by atoms with Crippen LogP contribution in [0, 0.1) is 6.92 Å². The maximum atomic E-state index is 11.7. The summed E-state index contributed by atoms with van der Waals surface area (Å²) in [5.41, 5.74) is 2.03. The van der Waals surface area contributed by atoms with Gasteiger partial charge in [-0.2, -0.15) is 0 Å². The fourth-order valence-electron chi connectivity index (χ4n) is 1.46. The van der Waals surface area contributed by atoms with Crippen molar-refractivity contribution in [3.05, 3.63) is 52.9 Å². The Labute approximate surface area is 109 Å². The van der Waals surface area contributed by atoms with E-state index in [9.17, 15) is 9.59 Å². The topological polar surface area (TPSA) is 92.4 Å². The van der Waals surface area contributed by atoms with Gasteiger partial charge in [-0.25, -0.2) is 4.79 Å². The first-order valence-corrected chi connectivity index (χ1v) is 5.60. The van der Waals surface area contributed by atoms with Crippen LogP contribution in [0.2, 0.25) is 0 Å². The lowest BCUT2D eigenvalue weighted by Gasteiger charge is -2.03. The number of aromatic nitrogens is 1. The summed E-state index contributed by atoms with van der Waals surface area (Å²) in [7, 11) is 0. The van der Waals surface area contributed by atoms with Crippen molar-refractivity contribution in [3.8, 4) is 0 Å². The summed E-state index contributed by atoms with van der Waals surface area (Å²) in [6, 6.07) is 8.79. The first-order chi connectivity index (χ1) is 9.06. The molecule has 0 aliphatic carbocycles. The van der Waals surface area contributed by atoms with Crippen LogP contribution in [0.15, 0.2) is 34.9 Å². The van der Waals surface area contributed by atoms with E-state index < -0.39 is 11.9 Å². The lowest BCUT2D eigenvalue weighted by atomic mass is 10.1. The van der Waals surface area contributed by atoms with E-state index in [0.717, 1.165) is 17.2 Å². The SMILES string of the molecule is Cc1ccc(CNC(=O)c2cc(C(=O)O)on2)cc1. The van der Waals surface area contributed by atoms with Crippen LogP contribution in [-0.4, -0.2) is 22.1 Å². The maximum absolute atomic E-state index is 11.7. The third-order valence-electron chi connectivity index (χ3n) is 2.53. The van der Waals surface area contributed by atoms with E-state index in [0.29, 0.717) is 6.54 Å². The standard InChI is InChI=1S/C13H12N2O4/c1-8-2-4-9(5-3-8)7-14-12(16)10-6-11(13(17)18)19-15-10/h2-6H,7H2,1H3,(H,14,16)(H,17,18). The molecule has 0 aliphatic heterocycles. The van der Waals surface area contributed by atoms with Crippen LogP contribution in [0.1, 0.15) is 32.2 Å². The number of carbonyl (C=O) groups excluding carboxylic acids is 1. The highest BCUT2D eigenvalue weighted by molar-refractivity contribution is 5.94. The summed E-state index contributed by atoms with van der Waals surface area (Å²) in [4.78, 5) is 22.3. The molecule has 2 aromatic rings. The van der Waals surface area contributed by atoms with Gasteiger partial charge >= 0.3 is 5.97 Å². The Kier molecular flexibility index (Phi) is 3.61. The maximum Gasteiger partial charge on any atom is 0.374 e. The van der Waals surface area contributed by atoms with Crippen LogP contribution >= 0.6 is 0 Å². The molecule has 0 radical (unpaired) electrons. The molecule has 0 saturated carbocycles. The molecular weight excluding hydrogens is 248 g/mol. The van der Waals surface area contributed by atoms with Crippen molar-refractivity contribution < 1.29 is 19.2 Å². The Morgan fingerprint density at radius 3 is 2.58 bits per heavy atom. The van der Waals surface area contributed by atoms with E-state index in [1.807, 2.05) is 31.2 Å². The van der Waals surface area contributed by atoms with Crippen molar-refractivity contribution in [2.45, 2.75) is 13.5 Å². The van der Waals surface area contributed by atoms with Crippen molar-refractivity contribution in [2.24, 2.45) is 0 Å². The zero-order valence-corrected chi connectivity index (χ0v) is 10.2. The molecule has 19 heavy (non-hydrogen) atoms. The first kappa shape index (κ1) is 12.8. The molecule has 1 aromatic carbocycles. The summed E-state index contributed by atoms with van der Waals surface area (Å²) in [5.74, 6) is -2.10. The number of aryl methyl sites for hydroxylation is 1. The monoisotopic (exact) mass is 260 g/mol. The second-order valence-electron chi connectivity index (χ2n) is 4.05. The molecule has 6 nitrogen and oxygen atoms in total. The van der Waals surface area contributed by atoms with Crippen molar-refractivity contribution in [3.63, 3.8) is 0 Å².